The Morgan fingerprint density at radius 1 is 0.897 bits per heavy atom. The van der Waals surface area contributed by atoms with Gasteiger partial charge in [0, 0.05) is 24.4 Å². The summed E-state index contributed by atoms with van der Waals surface area (Å²) in [5.74, 6) is 1.39. The second kappa shape index (κ2) is 11.4. The second-order valence-electron chi connectivity index (χ2n) is 9.28. The molecule has 0 amide bonds. The standard InChI is InChI=1S/C27H32N6O5S/c1-16-11-20(30-24(12-16)38-7)27-32-31-23(33(27)25-21(36-5)9-8-10-22(25)37-6)15-39(34,35)19(4)18(3)26-28-13-17(2)14-29-26/h8-14,18-19H,15H2,1-7H3/t18-,19-/m0/s1. The van der Waals surface area contributed by atoms with E-state index in [9.17, 15) is 8.42 Å². The molecule has 4 aromatic rings. The van der Waals surface area contributed by atoms with Crippen molar-refractivity contribution >= 4 is 9.84 Å². The Morgan fingerprint density at radius 3 is 2.13 bits per heavy atom. The van der Waals surface area contributed by atoms with Crippen LogP contribution in [-0.2, 0) is 15.6 Å². The molecule has 0 bridgehead atoms. The van der Waals surface area contributed by atoms with Crippen LogP contribution < -0.4 is 14.2 Å². The zero-order valence-corrected chi connectivity index (χ0v) is 23.9. The van der Waals surface area contributed by atoms with Gasteiger partial charge in [0.1, 0.15) is 34.5 Å². The van der Waals surface area contributed by atoms with Gasteiger partial charge in [0.25, 0.3) is 0 Å². The number of ether oxygens (including phenoxy) is 3. The Morgan fingerprint density at radius 2 is 1.54 bits per heavy atom. The fourth-order valence-corrected chi connectivity index (χ4v) is 5.74. The number of nitrogens with zero attached hydrogens (tertiary/aromatic N) is 6. The normalized spacial score (nSPS) is 13.1. The number of para-hydroxylation sites is 1. The molecule has 0 aliphatic heterocycles. The fourth-order valence-electron chi connectivity index (χ4n) is 4.19. The molecule has 1 aromatic carbocycles. The van der Waals surface area contributed by atoms with Crippen molar-refractivity contribution in [2.45, 2.75) is 44.6 Å². The molecule has 0 saturated heterocycles. The lowest BCUT2D eigenvalue weighted by Gasteiger charge is -2.20. The molecular weight excluding hydrogens is 520 g/mol. The van der Waals surface area contributed by atoms with Gasteiger partial charge in [-0.2, -0.15) is 0 Å². The highest BCUT2D eigenvalue weighted by Crippen LogP contribution is 2.37. The smallest absolute Gasteiger partial charge is 0.213 e. The highest BCUT2D eigenvalue weighted by molar-refractivity contribution is 7.91. The molecule has 39 heavy (non-hydrogen) atoms. The highest BCUT2D eigenvalue weighted by atomic mass is 32.2. The van der Waals surface area contributed by atoms with Crippen LogP contribution in [0.4, 0.5) is 0 Å². The minimum absolute atomic E-state index is 0.180. The van der Waals surface area contributed by atoms with Gasteiger partial charge in [-0.15, -0.1) is 10.2 Å². The molecule has 0 aliphatic rings. The van der Waals surface area contributed by atoms with Gasteiger partial charge >= 0.3 is 0 Å². The Bertz CT molecular complexity index is 1550. The second-order valence-corrected chi connectivity index (χ2v) is 11.6. The summed E-state index contributed by atoms with van der Waals surface area (Å²) >= 11 is 0. The van der Waals surface area contributed by atoms with Crippen molar-refractivity contribution in [2.24, 2.45) is 0 Å². The molecule has 0 radical (unpaired) electrons. The lowest BCUT2D eigenvalue weighted by molar-refractivity contribution is 0.390. The molecule has 0 saturated carbocycles. The van der Waals surface area contributed by atoms with E-state index >= 15 is 0 Å². The summed E-state index contributed by atoms with van der Waals surface area (Å²) < 4.78 is 45.7. The highest BCUT2D eigenvalue weighted by Gasteiger charge is 2.33. The van der Waals surface area contributed by atoms with Crippen LogP contribution in [0.25, 0.3) is 17.2 Å². The van der Waals surface area contributed by atoms with Gasteiger partial charge in [-0.3, -0.25) is 4.57 Å². The number of benzene rings is 1. The molecule has 0 unspecified atom stereocenters. The third-order valence-electron chi connectivity index (χ3n) is 6.55. The monoisotopic (exact) mass is 552 g/mol. The van der Waals surface area contributed by atoms with Crippen LogP contribution in [-0.4, -0.2) is 64.7 Å². The van der Waals surface area contributed by atoms with Crippen LogP contribution in [0.2, 0.25) is 0 Å². The first-order chi connectivity index (χ1) is 18.6. The average molecular weight is 553 g/mol. The van der Waals surface area contributed by atoms with Gasteiger partial charge in [-0.25, -0.2) is 23.4 Å². The van der Waals surface area contributed by atoms with Crippen molar-refractivity contribution in [3.63, 3.8) is 0 Å². The summed E-state index contributed by atoms with van der Waals surface area (Å²) in [6, 6.07) is 8.90. The molecule has 4 rings (SSSR count). The lowest BCUT2D eigenvalue weighted by atomic mass is 10.1. The molecule has 206 valence electrons. The average Bonchev–Trinajstić information content (AvgIpc) is 3.33. The van der Waals surface area contributed by atoms with Gasteiger partial charge < -0.3 is 14.2 Å². The predicted molar refractivity (Wildman–Crippen MR) is 146 cm³/mol. The number of pyridine rings is 1. The molecular formula is C27H32N6O5S. The molecule has 0 aliphatic carbocycles. The molecule has 0 N–H and O–H groups in total. The van der Waals surface area contributed by atoms with E-state index in [1.165, 1.54) is 21.3 Å². The van der Waals surface area contributed by atoms with Crippen LogP contribution in [0.1, 0.15) is 42.5 Å². The summed E-state index contributed by atoms with van der Waals surface area (Å²) in [7, 11) is 0.817. The summed E-state index contributed by atoms with van der Waals surface area (Å²) in [6.45, 7) is 7.24. The first kappa shape index (κ1) is 28.0. The third kappa shape index (κ3) is 5.70. The van der Waals surface area contributed by atoms with E-state index in [2.05, 4.69) is 25.1 Å². The molecule has 0 fully saturated rings. The number of rotatable bonds is 10. The lowest BCUT2D eigenvalue weighted by Crippen LogP contribution is -2.27. The van der Waals surface area contributed by atoms with Gasteiger partial charge in [0.15, 0.2) is 21.5 Å². The Balaban J connectivity index is 1.86. The first-order valence-corrected chi connectivity index (χ1v) is 14.0. The van der Waals surface area contributed by atoms with E-state index in [4.69, 9.17) is 14.2 Å². The molecule has 3 aromatic heterocycles. The van der Waals surface area contributed by atoms with E-state index in [-0.39, 0.29) is 5.82 Å². The van der Waals surface area contributed by atoms with Crippen LogP contribution >= 0.6 is 0 Å². The first-order valence-electron chi connectivity index (χ1n) is 12.3. The number of hydrogen-bond acceptors (Lipinski definition) is 10. The quantitative estimate of drug-likeness (QED) is 0.286. The Kier molecular flexibility index (Phi) is 8.14. The number of hydrogen-bond donors (Lipinski definition) is 0. The molecule has 11 nitrogen and oxygen atoms in total. The van der Waals surface area contributed by atoms with Crippen molar-refractivity contribution in [3.8, 4) is 34.6 Å². The van der Waals surface area contributed by atoms with Crippen molar-refractivity contribution in [1.29, 1.82) is 0 Å². The third-order valence-corrected chi connectivity index (χ3v) is 8.75. The molecule has 12 heteroatoms. The number of methoxy groups -OCH3 is 3. The van der Waals surface area contributed by atoms with E-state index < -0.39 is 26.8 Å². The summed E-state index contributed by atoms with van der Waals surface area (Å²) in [4.78, 5) is 13.2. The maximum Gasteiger partial charge on any atom is 0.213 e. The van der Waals surface area contributed by atoms with Crippen molar-refractivity contribution in [3.05, 3.63) is 65.5 Å². The van der Waals surface area contributed by atoms with E-state index in [0.29, 0.717) is 40.4 Å². The van der Waals surface area contributed by atoms with Gasteiger partial charge in [0.05, 0.1) is 26.6 Å². The summed E-state index contributed by atoms with van der Waals surface area (Å²) in [6.07, 6.45) is 3.36. The van der Waals surface area contributed by atoms with Crippen LogP contribution in [0.5, 0.6) is 17.4 Å². The maximum absolute atomic E-state index is 13.7. The van der Waals surface area contributed by atoms with E-state index in [1.807, 2.05) is 19.9 Å². The number of aromatic nitrogens is 6. The van der Waals surface area contributed by atoms with Crippen molar-refractivity contribution in [2.75, 3.05) is 21.3 Å². The van der Waals surface area contributed by atoms with Crippen LogP contribution in [0.15, 0.2) is 42.7 Å². The predicted octanol–water partition coefficient (Wildman–Crippen LogP) is 3.87. The van der Waals surface area contributed by atoms with E-state index in [0.717, 1.165) is 11.1 Å². The minimum atomic E-state index is -3.76. The Hall–Kier alpha value is -4.06. The van der Waals surface area contributed by atoms with Gasteiger partial charge in [-0.1, -0.05) is 13.0 Å². The molecule has 3 heterocycles. The summed E-state index contributed by atoms with van der Waals surface area (Å²) in [5, 5.41) is 7.91. The summed E-state index contributed by atoms with van der Waals surface area (Å²) in [5.41, 5.74) is 2.69. The van der Waals surface area contributed by atoms with Crippen molar-refractivity contribution < 1.29 is 22.6 Å². The zero-order chi connectivity index (χ0) is 28.3. The topological polar surface area (TPSA) is 131 Å². The largest absolute Gasteiger partial charge is 0.494 e. The zero-order valence-electron chi connectivity index (χ0n) is 23.0. The van der Waals surface area contributed by atoms with Crippen LogP contribution in [0.3, 0.4) is 0 Å². The Labute approximate surface area is 228 Å². The van der Waals surface area contributed by atoms with Crippen molar-refractivity contribution in [1.82, 2.24) is 29.7 Å². The van der Waals surface area contributed by atoms with Crippen LogP contribution in [0, 0.1) is 13.8 Å². The molecule has 2 atom stereocenters. The fraction of sp³-hybridized carbons (Fsp3) is 0.370. The van der Waals surface area contributed by atoms with Gasteiger partial charge in [0.2, 0.25) is 5.88 Å². The number of sulfone groups is 1. The maximum atomic E-state index is 13.7. The minimum Gasteiger partial charge on any atom is -0.494 e. The molecule has 0 spiro atoms. The number of aryl methyl sites for hydroxylation is 2. The SMILES string of the molecule is COc1cc(C)cc(-c2nnc(CS(=O)(=O)[C@@H](C)[C@H](C)c3ncc(C)cn3)n2-c2c(OC)cccc2OC)n1. The van der Waals surface area contributed by atoms with Gasteiger partial charge in [-0.05, 0) is 50.1 Å². The van der Waals surface area contributed by atoms with E-state index in [1.54, 1.807) is 55.1 Å².